The molecule has 0 saturated carbocycles. The number of fused-ring (bicyclic) bond motifs is 1. The smallest absolute Gasteiger partial charge is 0.284 e. The first-order chi connectivity index (χ1) is 12.2. The summed E-state index contributed by atoms with van der Waals surface area (Å²) in [4.78, 5) is 17.5. The predicted molar refractivity (Wildman–Crippen MR) is 102 cm³/mol. The van der Waals surface area contributed by atoms with E-state index < -0.39 is 0 Å². The molecule has 1 N–H and O–H groups in total. The topological polar surface area (TPSA) is 57.6 Å². The summed E-state index contributed by atoms with van der Waals surface area (Å²) < 4.78 is 1.03. The van der Waals surface area contributed by atoms with Crippen LogP contribution in [0.2, 0.25) is 0 Å². The van der Waals surface area contributed by atoms with E-state index in [1.807, 2.05) is 55.5 Å². The van der Waals surface area contributed by atoms with Gasteiger partial charge in [0.25, 0.3) is 5.91 Å². The van der Waals surface area contributed by atoms with Crippen LogP contribution in [0.4, 0.5) is 5.13 Å². The maximum Gasteiger partial charge on any atom is 0.284 e. The van der Waals surface area contributed by atoms with E-state index in [-0.39, 0.29) is 5.91 Å². The average molecular weight is 348 g/mol. The van der Waals surface area contributed by atoms with Crippen molar-refractivity contribution in [3.8, 4) is 0 Å². The minimum absolute atomic E-state index is 0.176. The molecule has 0 aliphatic carbocycles. The van der Waals surface area contributed by atoms with E-state index in [9.17, 15) is 4.79 Å². The number of aromatic nitrogens is 1. The van der Waals surface area contributed by atoms with E-state index in [2.05, 4.69) is 15.4 Å². The zero-order valence-electron chi connectivity index (χ0n) is 13.9. The van der Waals surface area contributed by atoms with Gasteiger partial charge in [-0.3, -0.25) is 4.79 Å². The molecule has 0 atom stereocenters. The van der Waals surface area contributed by atoms with Gasteiger partial charge in [0.2, 0.25) is 5.13 Å². The molecule has 124 valence electrons. The number of hydrogen-bond donors (Lipinski definition) is 1. The highest BCUT2D eigenvalue weighted by Gasteiger charge is 2.33. The number of amides is 1. The summed E-state index contributed by atoms with van der Waals surface area (Å²) in [5, 5.41) is 9.51. The van der Waals surface area contributed by atoms with Crippen molar-refractivity contribution in [2.24, 2.45) is 5.10 Å². The summed E-state index contributed by atoms with van der Waals surface area (Å²) in [5.74, 6) is -0.176. The molecule has 1 amide bonds. The standard InChI is InChI=1S/C19H16N4OS/c1-12-6-5-7-13(10-12)17-14(11-20-2)18(24)23(22-17)19-21-15-8-3-4-9-16(15)25-19/h3-11,20H,1-2H3/b14-11+. The molecule has 0 fully saturated rings. The molecule has 1 aliphatic heterocycles. The number of nitrogens with one attached hydrogen (secondary N) is 1. The molecule has 0 saturated heterocycles. The largest absolute Gasteiger partial charge is 0.393 e. The van der Waals surface area contributed by atoms with Gasteiger partial charge >= 0.3 is 0 Å². The van der Waals surface area contributed by atoms with Crippen molar-refractivity contribution in [1.29, 1.82) is 0 Å². The van der Waals surface area contributed by atoms with Crippen molar-refractivity contribution in [3.05, 3.63) is 71.4 Å². The Bertz CT molecular complexity index is 1000. The molecule has 4 rings (SSSR count). The molecule has 0 unspecified atom stereocenters. The third kappa shape index (κ3) is 2.70. The normalized spacial score (nSPS) is 15.9. The molecule has 3 aromatic rings. The maximum absolute atomic E-state index is 12.9. The van der Waals surface area contributed by atoms with E-state index in [1.54, 1.807) is 13.2 Å². The molecule has 0 spiro atoms. The van der Waals surface area contributed by atoms with Crippen LogP contribution in [-0.2, 0) is 4.79 Å². The van der Waals surface area contributed by atoms with Gasteiger partial charge in [0, 0.05) is 18.8 Å². The van der Waals surface area contributed by atoms with Crippen LogP contribution in [-0.4, -0.2) is 23.7 Å². The number of anilines is 1. The Labute approximate surface area is 149 Å². The molecular weight excluding hydrogens is 332 g/mol. The lowest BCUT2D eigenvalue weighted by molar-refractivity contribution is -0.114. The monoisotopic (exact) mass is 348 g/mol. The molecule has 2 heterocycles. The third-order valence-corrected chi connectivity index (χ3v) is 4.93. The van der Waals surface area contributed by atoms with Gasteiger partial charge < -0.3 is 5.32 Å². The summed E-state index contributed by atoms with van der Waals surface area (Å²) in [7, 11) is 1.77. The van der Waals surface area contributed by atoms with E-state index in [0.717, 1.165) is 21.3 Å². The lowest BCUT2D eigenvalue weighted by Crippen LogP contribution is -2.22. The fourth-order valence-corrected chi connectivity index (χ4v) is 3.69. The lowest BCUT2D eigenvalue weighted by Gasteiger charge is -2.06. The van der Waals surface area contributed by atoms with Gasteiger partial charge in [0.15, 0.2) is 0 Å². The highest BCUT2D eigenvalue weighted by atomic mass is 32.1. The van der Waals surface area contributed by atoms with E-state index in [0.29, 0.717) is 16.4 Å². The van der Waals surface area contributed by atoms with Crippen LogP contribution in [0.5, 0.6) is 0 Å². The van der Waals surface area contributed by atoms with Gasteiger partial charge in [0.05, 0.1) is 15.8 Å². The Balaban J connectivity index is 1.83. The molecule has 5 nitrogen and oxygen atoms in total. The number of aryl methyl sites for hydroxylation is 1. The lowest BCUT2D eigenvalue weighted by atomic mass is 10.0. The fourth-order valence-electron chi connectivity index (χ4n) is 2.77. The second-order valence-corrected chi connectivity index (χ2v) is 6.75. The van der Waals surface area contributed by atoms with Gasteiger partial charge in [0.1, 0.15) is 5.71 Å². The average Bonchev–Trinajstić information content (AvgIpc) is 3.17. The minimum Gasteiger partial charge on any atom is -0.393 e. The van der Waals surface area contributed by atoms with Crippen molar-refractivity contribution >= 4 is 38.3 Å². The Kier molecular flexibility index (Phi) is 3.82. The number of benzene rings is 2. The summed E-state index contributed by atoms with van der Waals surface area (Å²) >= 11 is 1.46. The van der Waals surface area contributed by atoms with Gasteiger partial charge in [-0.2, -0.15) is 10.1 Å². The Morgan fingerprint density at radius 3 is 2.76 bits per heavy atom. The third-order valence-electron chi connectivity index (χ3n) is 3.92. The van der Waals surface area contributed by atoms with E-state index in [4.69, 9.17) is 0 Å². The summed E-state index contributed by atoms with van der Waals surface area (Å²) in [6.07, 6.45) is 1.69. The summed E-state index contributed by atoms with van der Waals surface area (Å²) in [5.41, 5.74) is 4.09. The van der Waals surface area contributed by atoms with Crippen LogP contribution in [0.1, 0.15) is 11.1 Å². The Morgan fingerprint density at radius 2 is 2.00 bits per heavy atom. The second kappa shape index (κ2) is 6.14. The number of carbonyl (C=O) groups excluding carboxylic acids is 1. The van der Waals surface area contributed by atoms with Crippen molar-refractivity contribution in [2.75, 3.05) is 12.1 Å². The van der Waals surface area contributed by atoms with Crippen LogP contribution >= 0.6 is 11.3 Å². The van der Waals surface area contributed by atoms with E-state index >= 15 is 0 Å². The Hall–Kier alpha value is -2.99. The molecule has 0 radical (unpaired) electrons. The number of nitrogens with zero attached hydrogens (tertiary/aromatic N) is 3. The maximum atomic E-state index is 12.9. The molecule has 1 aliphatic rings. The van der Waals surface area contributed by atoms with Crippen LogP contribution in [0.15, 0.2) is 65.4 Å². The highest BCUT2D eigenvalue weighted by molar-refractivity contribution is 7.22. The summed E-state index contributed by atoms with van der Waals surface area (Å²) in [6, 6.07) is 15.8. The van der Waals surface area contributed by atoms with Crippen LogP contribution in [0, 0.1) is 6.92 Å². The van der Waals surface area contributed by atoms with Gasteiger partial charge in [-0.25, -0.2) is 4.98 Å². The van der Waals surface area contributed by atoms with Crippen LogP contribution in [0.3, 0.4) is 0 Å². The van der Waals surface area contributed by atoms with Gasteiger partial charge in [-0.15, -0.1) is 0 Å². The predicted octanol–water partition coefficient (Wildman–Crippen LogP) is 3.46. The van der Waals surface area contributed by atoms with Gasteiger partial charge in [-0.1, -0.05) is 47.2 Å². The molecule has 2 aromatic carbocycles. The number of hydrogen-bond acceptors (Lipinski definition) is 5. The van der Waals surface area contributed by atoms with Crippen LogP contribution < -0.4 is 10.3 Å². The first kappa shape index (κ1) is 15.5. The van der Waals surface area contributed by atoms with Crippen molar-refractivity contribution in [3.63, 3.8) is 0 Å². The van der Waals surface area contributed by atoms with E-state index in [1.165, 1.54) is 16.3 Å². The van der Waals surface area contributed by atoms with Crippen molar-refractivity contribution < 1.29 is 4.79 Å². The number of carbonyl (C=O) groups is 1. The van der Waals surface area contributed by atoms with Gasteiger partial charge in [-0.05, 0) is 25.1 Å². The fraction of sp³-hybridized carbons (Fsp3) is 0.105. The molecule has 0 bridgehead atoms. The molecular formula is C19H16N4OS. The second-order valence-electron chi connectivity index (χ2n) is 5.75. The van der Waals surface area contributed by atoms with Crippen molar-refractivity contribution in [1.82, 2.24) is 10.3 Å². The SMILES string of the molecule is CN/C=C1/C(=O)N(c2nc3ccccc3s2)N=C1c1cccc(C)c1. The molecule has 1 aromatic heterocycles. The minimum atomic E-state index is -0.176. The molecule has 25 heavy (non-hydrogen) atoms. The Morgan fingerprint density at radius 1 is 1.16 bits per heavy atom. The number of rotatable bonds is 3. The van der Waals surface area contributed by atoms with Crippen LogP contribution in [0.25, 0.3) is 10.2 Å². The first-order valence-electron chi connectivity index (χ1n) is 7.91. The first-order valence-corrected chi connectivity index (χ1v) is 8.72. The number of para-hydroxylation sites is 1. The quantitative estimate of drug-likeness (QED) is 0.738. The zero-order chi connectivity index (χ0) is 17.4. The van der Waals surface area contributed by atoms with Crippen molar-refractivity contribution in [2.45, 2.75) is 6.92 Å². The highest BCUT2D eigenvalue weighted by Crippen LogP contribution is 2.33. The number of hydrazone groups is 1. The molecule has 6 heteroatoms. The zero-order valence-corrected chi connectivity index (χ0v) is 14.7. The summed E-state index contributed by atoms with van der Waals surface area (Å²) in [6.45, 7) is 2.02. The number of thiazole rings is 1.